The number of carbonyl (C=O) groups is 1. The first-order valence-electron chi connectivity index (χ1n) is 6.77. The van der Waals surface area contributed by atoms with Crippen molar-refractivity contribution in [3.8, 4) is 0 Å². The lowest BCUT2D eigenvalue weighted by molar-refractivity contribution is -0.116. The van der Waals surface area contributed by atoms with Crippen molar-refractivity contribution in [2.45, 2.75) is 46.1 Å². The number of amides is 1. The van der Waals surface area contributed by atoms with Gasteiger partial charge in [0.1, 0.15) is 0 Å². The Morgan fingerprint density at radius 3 is 2.44 bits per heavy atom. The average Bonchev–Trinajstić information content (AvgIpc) is 2.32. The molecule has 0 bridgehead atoms. The maximum Gasteiger partial charge on any atom is 0.225 e. The van der Waals surface area contributed by atoms with Crippen LogP contribution in [0.3, 0.4) is 0 Å². The molecule has 0 saturated carbocycles. The Morgan fingerprint density at radius 1 is 1.22 bits per heavy atom. The molecule has 1 amide bonds. The van der Waals surface area contributed by atoms with Gasteiger partial charge in [0.05, 0.1) is 0 Å². The number of anilines is 1. The van der Waals surface area contributed by atoms with Crippen LogP contribution < -0.4 is 10.6 Å². The summed E-state index contributed by atoms with van der Waals surface area (Å²) in [6.45, 7) is 7.12. The monoisotopic (exact) mass is 248 g/mol. The van der Waals surface area contributed by atoms with Crippen molar-refractivity contribution in [1.82, 2.24) is 5.32 Å². The minimum atomic E-state index is 0.0618. The molecule has 2 N–H and O–H groups in total. The summed E-state index contributed by atoms with van der Waals surface area (Å²) in [6, 6.07) is 8.32. The number of hydrogen-bond acceptors (Lipinski definition) is 2. The van der Waals surface area contributed by atoms with Crippen LogP contribution in [-0.2, 0) is 11.2 Å². The van der Waals surface area contributed by atoms with E-state index in [0.29, 0.717) is 6.42 Å². The van der Waals surface area contributed by atoms with Gasteiger partial charge in [-0.25, -0.2) is 0 Å². The molecule has 3 nitrogen and oxygen atoms in total. The Labute approximate surface area is 110 Å². The molecule has 0 aliphatic carbocycles. The molecular weight excluding hydrogens is 224 g/mol. The van der Waals surface area contributed by atoms with Gasteiger partial charge >= 0.3 is 0 Å². The molecule has 0 aliphatic rings. The zero-order chi connectivity index (χ0) is 13.4. The van der Waals surface area contributed by atoms with E-state index in [9.17, 15) is 4.79 Å². The highest BCUT2D eigenvalue weighted by atomic mass is 16.1. The molecule has 0 fully saturated rings. The summed E-state index contributed by atoms with van der Waals surface area (Å²) in [5.41, 5.74) is 2.19. The Bertz CT molecular complexity index is 359. The summed E-state index contributed by atoms with van der Waals surface area (Å²) in [4.78, 5) is 11.8. The SMILES string of the molecule is CCCc1ccc(NC(=O)CC(C)NCC)cc1. The Morgan fingerprint density at radius 2 is 1.89 bits per heavy atom. The molecule has 18 heavy (non-hydrogen) atoms. The van der Waals surface area contributed by atoms with Gasteiger partial charge in [0.15, 0.2) is 0 Å². The third-order valence-corrected chi connectivity index (χ3v) is 2.82. The average molecular weight is 248 g/mol. The maximum absolute atomic E-state index is 11.8. The van der Waals surface area contributed by atoms with Gasteiger partial charge < -0.3 is 10.6 Å². The van der Waals surface area contributed by atoms with Crippen molar-refractivity contribution in [3.05, 3.63) is 29.8 Å². The smallest absolute Gasteiger partial charge is 0.225 e. The zero-order valence-electron chi connectivity index (χ0n) is 11.6. The molecule has 0 radical (unpaired) electrons. The van der Waals surface area contributed by atoms with Crippen molar-refractivity contribution in [2.24, 2.45) is 0 Å². The van der Waals surface area contributed by atoms with Gasteiger partial charge in [-0.3, -0.25) is 4.79 Å². The molecule has 0 saturated heterocycles. The molecule has 1 aromatic carbocycles. The van der Waals surface area contributed by atoms with E-state index in [4.69, 9.17) is 0 Å². The Kier molecular flexibility index (Phi) is 6.44. The van der Waals surface area contributed by atoms with Crippen LogP contribution in [0, 0.1) is 0 Å². The van der Waals surface area contributed by atoms with Crippen LogP contribution in [0.4, 0.5) is 5.69 Å². The zero-order valence-corrected chi connectivity index (χ0v) is 11.6. The first kappa shape index (κ1) is 14.7. The summed E-state index contributed by atoms with van der Waals surface area (Å²) < 4.78 is 0. The number of carbonyl (C=O) groups excluding carboxylic acids is 1. The second-order valence-electron chi connectivity index (χ2n) is 4.66. The third kappa shape index (κ3) is 5.32. The van der Waals surface area contributed by atoms with Crippen molar-refractivity contribution in [1.29, 1.82) is 0 Å². The lowest BCUT2D eigenvalue weighted by Gasteiger charge is -2.12. The van der Waals surface area contributed by atoms with E-state index >= 15 is 0 Å². The van der Waals surface area contributed by atoms with Gasteiger partial charge in [0.25, 0.3) is 0 Å². The van der Waals surface area contributed by atoms with Crippen molar-refractivity contribution >= 4 is 11.6 Å². The maximum atomic E-state index is 11.8. The summed E-state index contributed by atoms with van der Waals surface area (Å²) in [7, 11) is 0. The van der Waals surface area contributed by atoms with Crippen LogP contribution in [0.5, 0.6) is 0 Å². The predicted octanol–water partition coefficient (Wildman–Crippen LogP) is 2.97. The van der Waals surface area contributed by atoms with Gasteiger partial charge in [-0.2, -0.15) is 0 Å². The van der Waals surface area contributed by atoms with Gasteiger partial charge in [-0.1, -0.05) is 32.4 Å². The van der Waals surface area contributed by atoms with Gasteiger partial charge in [-0.05, 0) is 37.6 Å². The normalized spacial score (nSPS) is 12.2. The van der Waals surface area contributed by atoms with E-state index in [0.717, 1.165) is 25.1 Å². The summed E-state index contributed by atoms with van der Waals surface area (Å²) in [5, 5.41) is 6.15. The van der Waals surface area contributed by atoms with Crippen LogP contribution in [-0.4, -0.2) is 18.5 Å². The Balaban J connectivity index is 2.44. The standard InChI is InChI=1S/C15H24N2O/c1-4-6-13-7-9-14(10-8-13)17-15(18)11-12(3)16-5-2/h7-10,12,16H,4-6,11H2,1-3H3,(H,17,18). The highest BCUT2D eigenvalue weighted by Crippen LogP contribution is 2.11. The number of rotatable bonds is 7. The van der Waals surface area contributed by atoms with Crippen molar-refractivity contribution in [3.63, 3.8) is 0 Å². The van der Waals surface area contributed by atoms with Crippen LogP contribution in [0.15, 0.2) is 24.3 Å². The van der Waals surface area contributed by atoms with E-state index < -0.39 is 0 Å². The number of nitrogens with one attached hydrogen (secondary N) is 2. The quantitative estimate of drug-likeness (QED) is 0.779. The van der Waals surface area contributed by atoms with E-state index in [-0.39, 0.29) is 11.9 Å². The summed E-state index contributed by atoms with van der Waals surface area (Å²) in [6.07, 6.45) is 2.74. The lowest BCUT2D eigenvalue weighted by atomic mass is 10.1. The van der Waals surface area contributed by atoms with E-state index in [1.807, 2.05) is 26.0 Å². The summed E-state index contributed by atoms with van der Waals surface area (Å²) in [5.74, 6) is 0.0618. The molecule has 1 rings (SSSR count). The Hall–Kier alpha value is -1.35. The fourth-order valence-corrected chi connectivity index (χ4v) is 1.95. The van der Waals surface area contributed by atoms with Gasteiger partial charge in [-0.15, -0.1) is 0 Å². The highest BCUT2D eigenvalue weighted by molar-refractivity contribution is 5.91. The predicted molar refractivity (Wildman–Crippen MR) is 76.8 cm³/mol. The van der Waals surface area contributed by atoms with E-state index in [2.05, 4.69) is 29.7 Å². The number of benzene rings is 1. The molecule has 0 aliphatic heterocycles. The van der Waals surface area contributed by atoms with Gasteiger partial charge in [0, 0.05) is 18.2 Å². The fourth-order valence-electron chi connectivity index (χ4n) is 1.95. The minimum Gasteiger partial charge on any atom is -0.326 e. The lowest BCUT2D eigenvalue weighted by Crippen LogP contribution is -2.30. The van der Waals surface area contributed by atoms with E-state index in [1.54, 1.807) is 0 Å². The van der Waals surface area contributed by atoms with Crippen molar-refractivity contribution < 1.29 is 4.79 Å². The minimum absolute atomic E-state index is 0.0618. The number of aryl methyl sites for hydroxylation is 1. The molecule has 0 heterocycles. The number of hydrogen-bond donors (Lipinski definition) is 2. The summed E-state index contributed by atoms with van der Waals surface area (Å²) >= 11 is 0. The van der Waals surface area contributed by atoms with Crippen LogP contribution in [0.2, 0.25) is 0 Å². The first-order chi connectivity index (χ1) is 8.65. The van der Waals surface area contributed by atoms with Crippen LogP contribution >= 0.6 is 0 Å². The molecule has 1 aromatic rings. The van der Waals surface area contributed by atoms with E-state index in [1.165, 1.54) is 5.56 Å². The molecular formula is C15H24N2O. The molecule has 1 unspecified atom stereocenters. The second kappa shape index (κ2) is 7.88. The van der Waals surface area contributed by atoms with Gasteiger partial charge in [0.2, 0.25) is 5.91 Å². The van der Waals surface area contributed by atoms with Crippen LogP contribution in [0.1, 0.15) is 39.2 Å². The topological polar surface area (TPSA) is 41.1 Å². The molecule has 0 aromatic heterocycles. The van der Waals surface area contributed by atoms with Crippen molar-refractivity contribution in [2.75, 3.05) is 11.9 Å². The molecule has 0 spiro atoms. The third-order valence-electron chi connectivity index (χ3n) is 2.82. The highest BCUT2D eigenvalue weighted by Gasteiger charge is 2.07. The molecule has 100 valence electrons. The molecule has 1 atom stereocenters. The second-order valence-corrected chi connectivity index (χ2v) is 4.66. The molecule has 3 heteroatoms. The largest absolute Gasteiger partial charge is 0.326 e. The van der Waals surface area contributed by atoms with Crippen LogP contribution in [0.25, 0.3) is 0 Å². The fraction of sp³-hybridized carbons (Fsp3) is 0.533. The first-order valence-corrected chi connectivity index (χ1v) is 6.77.